The highest BCUT2D eigenvalue weighted by Gasteiger charge is 2.25. The zero-order valence-corrected chi connectivity index (χ0v) is 12.1. The minimum Gasteiger partial charge on any atom is -0.395 e. The van der Waals surface area contributed by atoms with E-state index in [1.54, 1.807) is 0 Å². The van der Waals surface area contributed by atoms with Crippen molar-refractivity contribution in [2.75, 3.05) is 25.5 Å². The molecule has 1 saturated carbocycles. The fourth-order valence-corrected chi connectivity index (χ4v) is 2.90. The average molecular weight is 276 g/mol. The molecular formula is C16H24N2O2. The summed E-state index contributed by atoms with van der Waals surface area (Å²) in [4.78, 5) is 14.5. The summed E-state index contributed by atoms with van der Waals surface area (Å²) in [5.41, 5.74) is 1.69. The molecule has 110 valence electrons. The number of rotatable bonds is 5. The van der Waals surface area contributed by atoms with E-state index in [1.165, 1.54) is 19.3 Å². The number of aliphatic hydroxyl groups excluding tert-OH is 1. The van der Waals surface area contributed by atoms with E-state index >= 15 is 0 Å². The molecule has 0 unspecified atom stereocenters. The van der Waals surface area contributed by atoms with E-state index in [1.807, 2.05) is 36.2 Å². The normalized spacial score (nSPS) is 15.9. The third kappa shape index (κ3) is 3.51. The van der Waals surface area contributed by atoms with Crippen LogP contribution in [0.1, 0.15) is 42.5 Å². The van der Waals surface area contributed by atoms with Crippen LogP contribution in [0.2, 0.25) is 0 Å². The first-order chi connectivity index (χ1) is 9.76. The Bertz CT molecular complexity index is 425. The van der Waals surface area contributed by atoms with Crippen molar-refractivity contribution >= 4 is 11.6 Å². The Kier molecular flexibility index (Phi) is 5.41. The molecule has 0 saturated heterocycles. The summed E-state index contributed by atoms with van der Waals surface area (Å²) < 4.78 is 0. The summed E-state index contributed by atoms with van der Waals surface area (Å²) in [5, 5.41) is 12.3. The van der Waals surface area contributed by atoms with Crippen molar-refractivity contribution in [3.63, 3.8) is 0 Å². The van der Waals surface area contributed by atoms with Crippen LogP contribution >= 0.6 is 0 Å². The third-order valence-electron chi connectivity index (χ3n) is 4.04. The number of carbonyl (C=O) groups excluding carboxylic acids is 1. The van der Waals surface area contributed by atoms with Crippen LogP contribution in [-0.4, -0.2) is 42.2 Å². The first-order valence-corrected chi connectivity index (χ1v) is 7.46. The zero-order chi connectivity index (χ0) is 14.4. The van der Waals surface area contributed by atoms with Crippen molar-refractivity contribution in [3.8, 4) is 0 Å². The topological polar surface area (TPSA) is 52.6 Å². The third-order valence-corrected chi connectivity index (χ3v) is 4.04. The summed E-state index contributed by atoms with van der Waals surface area (Å²) in [5.74, 6) is 0.0357. The number of hydrogen-bond donors (Lipinski definition) is 2. The van der Waals surface area contributed by atoms with E-state index in [0.29, 0.717) is 12.1 Å². The Labute approximate surface area is 120 Å². The highest BCUT2D eigenvalue weighted by Crippen LogP contribution is 2.24. The van der Waals surface area contributed by atoms with Crippen LogP contribution in [0.25, 0.3) is 0 Å². The van der Waals surface area contributed by atoms with Gasteiger partial charge in [-0.15, -0.1) is 0 Å². The van der Waals surface area contributed by atoms with Gasteiger partial charge in [-0.1, -0.05) is 19.3 Å². The molecule has 1 aromatic carbocycles. The lowest BCUT2D eigenvalue weighted by Crippen LogP contribution is -2.43. The van der Waals surface area contributed by atoms with Crippen LogP contribution in [0.4, 0.5) is 5.69 Å². The fourth-order valence-electron chi connectivity index (χ4n) is 2.90. The van der Waals surface area contributed by atoms with Crippen LogP contribution in [0.15, 0.2) is 24.3 Å². The SMILES string of the molecule is CNc1ccc(C(=O)N(CCO)C2CCCCC2)cc1. The van der Waals surface area contributed by atoms with Gasteiger partial charge in [0, 0.05) is 30.9 Å². The number of hydrogen-bond acceptors (Lipinski definition) is 3. The maximum Gasteiger partial charge on any atom is 0.254 e. The number of nitrogens with zero attached hydrogens (tertiary/aromatic N) is 1. The summed E-state index contributed by atoms with van der Waals surface area (Å²) in [7, 11) is 1.86. The van der Waals surface area contributed by atoms with Gasteiger partial charge < -0.3 is 15.3 Å². The number of carbonyl (C=O) groups is 1. The molecule has 1 fully saturated rings. The second-order valence-corrected chi connectivity index (χ2v) is 5.34. The van der Waals surface area contributed by atoms with Crippen LogP contribution in [-0.2, 0) is 0 Å². The summed E-state index contributed by atoms with van der Waals surface area (Å²) in [6.45, 7) is 0.452. The Morgan fingerprint density at radius 3 is 2.45 bits per heavy atom. The van der Waals surface area contributed by atoms with Gasteiger partial charge in [0.05, 0.1) is 6.61 Å². The van der Waals surface area contributed by atoms with Gasteiger partial charge in [-0.2, -0.15) is 0 Å². The van der Waals surface area contributed by atoms with Gasteiger partial charge in [0.15, 0.2) is 0 Å². The lowest BCUT2D eigenvalue weighted by molar-refractivity contribution is 0.0585. The number of benzene rings is 1. The van der Waals surface area contributed by atoms with E-state index in [2.05, 4.69) is 5.32 Å². The second kappa shape index (κ2) is 7.29. The predicted octanol–water partition coefficient (Wildman–Crippen LogP) is 2.50. The molecule has 0 heterocycles. The lowest BCUT2D eigenvalue weighted by atomic mass is 9.93. The van der Waals surface area contributed by atoms with E-state index < -0.39 is 0 Å². The van der Waals surface area contributed by atoms with Gasteiger partial charge in [0.1, 0.15) is 0 Å². The number of amides is 1. The fraction of sp³-hybridized carbons (Fsp3) is 0.562. The van der Waals surface area contributed by atoms with Gasteiger partial charge in [-0.3, -0.25) is 4.79 Å². The van der Waals surface area contributed by atoms with Crippen molar-refractivity contribution < 1.29 is 9.90 Å². The minimum atomic E-state index is 0.0246. The van der Waals surface area contributed by atoms with Gasteiger partial charge >= 0.3 is 0 Å². The van der Waals surface area contributed by atoms with E-state index in [0.717, 1.165) is 18.5 Å². The molecule has 1 aliphatic carbocycles. The molecule has 0 atom stereocenters. The van der Waals surface area contributed by atoms with Gasteiger partial charge in [0.25, 0.3) is 5.91 Å². The van der Waals surface area contributed by atoms with Crippen LogP contribution in [0.5, 0.6) is 0 Å². The van der Waals surface area contributed by atoms with Crippen molar-refractivity contribution in [1.82, 2.24) is 4.90 Å². The van der Waals surface area contributed by atoms with Crippen LogP contribution in [0.3, 0.4) is 0 Å². The van der Waals surface area contributed by atoms with Crippen LogP contribution < -0.4 is 5.32 Å². The molecule has 2 N–H and O–H groups in total. The number of anilines is 1. The quantitative estimate of drug-likeness (QED) is 0.868. The van der Waals surface area contributed by atoms with Crippen molar-refractivity contribution in [2.24, 2.45) is 0 Å². The second-order valence-electron chi connectivity index (χ2n) is 5.34. The highest BCUT2D eigenvalue weighted by molar-refractivity contribution is 5.94. The molecule has 1 aromatic rings. The number of nitrogens with one attached hydrogen (secondary N) is 1. The van der Waals surface area contributed by atoms with Crippen LogP contribution in [0, 0.1) is 0 Å². The highest BCUT2D eigenvalue weighted by atomic mass is 16.3. The molecule has 4 nitrogen and oxygen atoms in total. The van der Waals surface area contributed by atoms with Crippen molar-refractivity contribution in [1.29, 1.82) is 0 Å². The molecule has 0 aliphatic heterocycles. The summed E-state index contributed by atoms with van der Waals surface area (Å²) in [6, 6.07) is 7.80. The largest absolute Gasteiger partial charge is 0.395 e. The maximum absolute atomic E-state index is 12.6. The Balaban J connectivity index is 2.12. The predicted molar refractivity (Wildman–Crippen MR) is 81.0 cm³/mol. The zero-order valence-electron chi connectivity index (χ0n) is 12.1. The monoisotopic (exact) mass is 276 g/mol. The Morgan fingerprint density at radius 2 is 1.90 bits per heavy atom. The molecule has 0 bridgehead atoms. The Hall–Kier alpha value is -1.55. The molecule has 0 radical (unpaired) electrons. The van der Waals surface area contributed by atoms with E-state index in [4.69, 9.17) is 0 Å². The average Bonchev–Trinajstić information content (AvgIpc) is 2.53. The summed E-state index contributed by atoms with van der Waals surface area (Å²) >= 11 is 0. The molecule has 1 aliphatic rings. The van der Waals surface area contributed by atoms with Gasteiger partial charge in [0.2, 0.25) is 0 Å². The molecule has 2 rings (SSSR count). The Morgan fingerprint density at radius 1 is 1.25 bits per heavy atom. The van der Waals surface area contributed by atoms with Gasteiger partial charge in [-0.05, 0) is 37.1 Å². The van der Waals surface area contributed by atoms with E-state index in [9.17, 15) is 9.90 Å². The van der Waals surface area contributed by atoms with E-state index in [-0.39, 0.29) is 18.6 Å². The number of aliphatic hydroxyl groups is 1. The van der Waals surface area contributed by atoms with Crippen molar-refractivity contribution in [2.45, 2.75) is 38.1 Å². The minimum absolute atomic E-state index is 0.0246. The first-order valence-electron chi connectivity index (χ1n) is 7.46. The lowest BCUT2D eigenvalue weighted by Gasteiger charge is -2.34. The molecule has 1 amide bonds. The van der Waals surface area contributed by atoms with Crippen molar-refractivity contribution in [3.05, 3.63) is 29.8 Å². The first kappa shape index (κ1) is 14.9. The molecule has 0 aromatic heterocycles. The maximum atomic E-state index is 12.6. The molecule has 20 heavy (non-hydrogen) atoms. The smallest absolute Gasteiger partial charge is 0.254 e. The standard InChI is InChI=1S/C16H24N2O2/c1-17-14-9-7-13(8-10-14)16(20)18(11-12-19)15-5-3-2-4-6-15/h7-10,15,17,19H,2-6,11-12H2,1H3. The van der Waals surface area contributed by atoms with Gasteiger partial charge in [-0.25, -0.2) is 0 Å². The molecular weight excluding hydrogens is 252 g/mol. The molecule has 4 heteroatoms. The summed E-state index contributed by atoms with van der Waals surface area (Å²) in [6.07, 6.45) is 5.73. The molecule has 0 spiro atoms.